The van der Waals surface area contributed by atoms with E-state index in [-0.39, 0.29) is 52.3 Å². The number of ether oxygens (including phenoxy) is 2. The van der Waals surface area contributed by atoms with E-state index in [1.807, 2.05) is 16.7 Å². The molecule has 0 aromatic carbocycles. The zero-order valence-corrected chi connectivity index (χ0v) is 30.1. The molecule has 11 nitrogen and oxygen atoms in total. The van der Waals surface area contributed by atoms with Crippen LogP contribution in [-0.4, -0.2) is 114 Å². The molecule has 5 saturated heterocycles. The Morgan fingerprint density at radius 2 is 1.67 bits per heavy atom. The van der Waals surface area contributed by atoms with Gasteiger partial charge in [0.25, 0.3) is 5.91 Å². The van der Waals surface area contributed by atoms with Crippen LogP contribution in [0.3, 0.4) is 0 Å². The minimum atomic E-state index is -0.857. The maximum Gasteiger partial charge on any atom is 0.265 e. The molecule has 12 heteroatoms. The molecular weight excluding hydrogens is 630 g/mol. The summed E-state index contributed by atoms with van der Waals surface area (Å²) in [6.07, 6.45) is 8.24. The van der Waals surface area contributed by atoms with Gasteiger partial charge in [0.15, 0.2) is 0 Å². The lowest BCUT2D eigenvalue weighted by Crippen LogP contribution is -2.65. The summed E-state index contributed by atoms with van der Waals surface area (Å²) >= 11 is 1.28. The second-order valence-electron chi connectivity index (χ2n) is 17.4. The third-order valence-electron chi connectivity index (χ3n) is 12.8. The zero-order chi connectivity index (χ0) is 34.1. The predicted molar refractivity (Wildman–Crippen MR) is 180 cm³/mol. The highest BCUT2D eigenvalue weighted by Gasteiger charge is 2.62. The molecule has 2 saturated carbocycles. The number of aromatic nitrogens is 1. The van der Waals surface area contributed by atoms with Crippen LogP contribution < -0.4 is 5.32 Å². The summed E-state index contributed by atoms with van der Waals surface area (Å²) in [4.78, 5) is 65.6. The Balaban J connectivity index is 1.09. The van der Waals surface area contributed by atoms with Crippen molar-refractivity contribution in [1.82, 2.24) is 25.0 Å². The number of nitrogens with one attached hydrogen (secondary N) is 1. The third-order valence-corrected chi connectivity index (χ3v) is 13.5. The summed E-state index contributed by atoms with van der Waals surface area (Å²) in [7, 11) is 0. The van der Waals surface area contributed by atoms with Crippen LogP contribution in [0.25, 0.3) is 0 Å². The fourth-order valence-corrected chi connectivity index (χ4v) is 9.41. The maximum atomic E-state index is 14.5. The van der Waals surface area contributed by atoms with Gasteiger partial charge in [-0.2, -0.15) is 0 Å². The fourth-order valence-electron chi connectivity index (χ4n) is 8.82. The zero-order valence-electron chi connectivity index (χ0n) is 29.3. The highest BCUT2D eigenvalue weighted by Crippen LogP contribution is 2.55. The van der Waals surface area contributed by atoms with E-state index in [0.717, 1.165) is 44.9 Å². The first-order valence-corrected chi connectivity index (χ1v) is 18.9. The number of carbonyl (C=O) groups is 4. The highest BCUT2D eigenvalue weighted by atomic mass is 32.1. The van der Waals surface area contributed by atoms with Crippen LogP contribution in [0.5, 0.6) is 0 Å². The van der Waals surface area contributed by atoms with Crippen molar-refractivity contribution in [3.05, 3.63) is 16.6 Å². The van der Waals surface area contributed by atoms with Crippen LogP contribution in [0.4, 0.5) is 0 Å². The first-order valence-electron chi connectivity index (χ1n) is 18.0. The first-order chi connectivity index (χ1) is 22.7. The number of thiazole rings is 1. The van der Waals surface area contributed by atoms with Gasteiger partial charge in [-0.3, -0.25) is 24.2 Å². The van der Waals surface area contributed by atoms with E-state index in [9.17, 15) is 19.2 Å². The van der Waals surface area contributed by atoms with Gasteiger partial charge in [-0.25, -0.2) is 0 Å². The van der Waals surface area contributed by atoms with E-state index in [4.69, 9.17) is 9.47 Å². The van der Waals surface area contributed by atoms with Crippen molar-refractivity contribution in [3.63, 3.8) is 0 Å². The molecule has 7 fully saturated rings. The van der Waals surface area contributed by atoms with Crippen molar-refractivity contribution in [1.29, 1.82) is 0 Å². The molecule has 5 aliphatic heterocycles. The predicted octanol–water partition coefficient (Wildman–Crippen LogP) is 3.59. The number of likely N-dealkylation sites (tertiary alicyclic amines) is 3. The fraction of sp³-hybridized carbons (Fsp3) is 0.806. The molecule has 4 atom stereocenters. The standard InChI is InChI=1S/C36H53N5O6S/c1-23(46-20-35-8-6-24(7-9-35)47-21-35)28(32(45)39-12-10-33(2,3)11-13-39)38-29(42)26-16-40(31(44)27-15-37-22-48-27)17-36(26)18-41(19-36)30(43)25-14-34(25,4)5/h15,22-26,28H,6-14,16-21H2,1-5H3,(H,38,42)/t23-,24?,25-,26+,28+,35?/m1/s1. The van der Waals surface area contributed by atoms with Gasteiger partial charge in [0.05, 0.1) is 43.0 Å². The highest BCUT2D eigenvalue weighted by molar-refractivity contribution is 7.11. The van der Waals surface area contributed by atoms with Gasteiger partial charge in [0.1, 0.15) is 10.9 Å². The number of fused-ring (bicyclic) bond motifs is 3. The molecule has 0 unspecified atom stereocenters. The summed E-state index contributed by atoms with van der Waals surface area (Å²) in [5.41, 5.74) is 1.21. The summed E-state index contributed by atoms with van der Waals surface area (Å²) < 4.78 is 12.5. The lowest BCUT2D eigenvalue weighted by molar-refractivity contribution is -0.160. The average molecular weight is 684 g/mol. The molecule has 264 valence electrons. The van der Waals surface area contributed by atoms with Crippen LogP contribution >= 0.6 is 11.3 Å². The quantitative estimate of drug-likeness (QED) is 0.423. The number of hydrogen-bond acceptors (Lipinski definition) is 8. The SMILES string of the molecule is C[C@@H](OCC12CCC(CC1)OC2)[C@H](NC(=O)[C@@H]1CN(C(=O)c2cncs2)CC12CN(C(=O)[C@H]1CC1(C)C)C2)C(=O)N1CCC(C)(C)CC1. The average Bonchev–Trinajstić information content (AvgIpc) is 3.40. The molecule has 8 rings (SSSR count). The van der Waals surface area contributed by atoms with Gasteiger partial charge in [-0.15, -0.1) is 11.3 Å². The Labute approximate surface area is 288 Å². The lowest BCUT2D eigenvalue weighted by atomic mass is 9.70. The van der Waals surface area contributed by atoms with E-state index in [2.05, 4.69) is 38.0 Å². The third kappa shape index (κ3) is 6.41. The molecule has 48 heavy (non-hydrogen) atoms. The second-order valence-corrected chi connectivity index (χ2v) is 18.3. The molecule has 1 aromatic heterocycles. The largest absolute Gasteiger partial charge is 0.378 e. The number of nitrogens with zero attached hydrogens (tertiary/aromatic N) is 4. The first kappa shape index (κ1) is 33.9. The molecule has 4 amide bonds. The minimum absolute atomic E-state index is 0.0104. The monoisotopic (exact) mass is 683 g/mol. The number of hydrogen-bond donors (Lipinski definition) is 1. The van der Waals surface area contributed by atoms with Crippen molar-refractivity contribution < 1.29 is 28.7 Å². The van der Waals surface area contributed by atoms with Crippen LogP contribution in [0.1, 0.15) is 89.2 Å². The molecule has 1 spiro atoms. The molecular formula is C36H53N5O6S. The number of carbonyl (C=O) groups excluding carboxylic acids is 4. The maximum absolute atomic E-state index is 14.5. The Bertz CT molecular complexity index is 1390. The van der Waals surface area contributed by atoms with E-state index >= 15 is 0 Å². The van der Waals surface area contributed by atoms with Gasteiger partial charge in [0.2, 0.25) is 17.7 Å². The van der Waals surface area contributed by atoms with Crippen molar-refractivity contribution >= 4 is 35.0 Å². The number of amides is 4. The molecule has 2 bridgehead atoms. The van der Waals surface area contributed by atoms with E-state index in [0.29, 0.717) is 56.9 Å². The topological polar surface area (TPSA) is 121 Å². The van der Waals surface area contributed by atoms with Crippen molar-refractivity contribution in [2.75, 3.05) is 52.5 Å². The van der Waals surface area contributed by atoms with Crippen molar-refractivity contribution in [3.8, 4) is 0 Å². The van der Waals surface area contributed by atoms with E-state index in [1.165, 1.54) is 11.3 Å². The molecule has 0 radical (unpaired) electrons. The Kier molecular flexibility index (Phi) is 8.71. The van der Waals surface area contributed by atoms with Crippen molar-refractivity contribution in [2.24, 2.45) is 33.5 Å². The van der Waals surface area contributed by atoms with Gasteiger partial charge in [0, 0.05) is 56.0 Å². The molecule has 2 aliphatic carbocycles. The van der Waals surface area contributed by atoms with Gasteiger partial charge in [-0.05, 0) is 62.7 Å². The normalized spacial score (nSPS) is 32.4. The van der Waals surface area contributed by atoms with E-state index < -0.39 is 23.5 Å². The summed E-state index contributed by atoms with van der Waals surface area (Å²) in [5, 5.41) is 3.18. The smallest absolute Gasteiger partial charge is 0.265 e. The minimum Gasteiger partial charge on any atom is -0.378 e. The summed E-state index contributed by atoms with van der Waals surface area (Å²) in [5.74, 6) is -0.923. The van der Waals surface area contributed by atoms with Crippen LogP contribution in [-0.2, 0) is 23.9 Å². The molecule has 1 N–H and O–H groups in total. The molecule has 1 aromatic rings. The summed E-state index contributed by atoms with van der Waals surface area (Å²) in [6, 6.07) is -0.857. The van der Waals surface area contributed by atoms with Crippen molar-refractivity contribution in [2.45, 2.75) is 97.8 Å². The lowest BCUT2D eigenvalue weighted by Gasteiger charge is -2.51. The van der Waals surface area contributed by atoms with Gasteiger partial charge in [-0.1, -0.05) is 27.7 Å². The van der Waals surface area contributed by atoms with Crippen LogP contribution in [0, 0.1) is 33.5 Å². The van der Waals surface area contributed by atoms with E-state index in [1.54, 1.807) is 16.6 Å². The van der Waals surface area contributed by atoms with Crippen LogP contribution in [0.15, 0.2) is 11.7 Å². The van der Waals surface area contributed by atoms with Gasteiger partial charge >= 0.3 is 0 Å². The molecule has 6 heterocycles. The summed E-state index contributed by atoms with van der Waals surface area (Å²) in [6.45, 7) is 14.5. The Hall–Kier alpha value is -2.57. The number of rotatable bonds is 9. The van der Waals surface area contributed by atoms with Gasteiger partial charge < -0.3 is 29.5 Å². The Morgan fingerprint density at radius 3 is 2.25 bits per heavy atom. The number of piperidine rings is 1. The van der Waals surface area contributed by atoms with Crippen LogP contribution in [0.2, 0.25) is 0 Å². The molecule has 7 aliphatic rings. The Morgan fingerprint density at radius 1 is 1.00 bits per heavy atom. The second kappa shape index (κ2) is 12.3.